The van der Waals surface area contributed by atoms with E-state index in [0.29, 0.717) is 18.5 Å². The molecule has 0 spiro atoms. The van der Waals surface area contributed by atoms with E-state index in [2.05, 4.69) is 10.5 Å². The van der Waals surface area contributed by atoms with Gasteiger partial charge in [-0.05, 0) is 54.4 Å². The zero-order valence-electron chi connectivity index (χ0n) is 17.3. The molecule has 0 unspecified atom stereocenters. The molecule has 3 rings (SSSR count). The number of ether oxygens (including phenoxy) is 1. The Bertz CT molecular complexity index is 930. The lowest BCUT2D eigenvalue weighted by Crippen LogP contribution is -2.43. The zero-order valence-corrected chi connectivity index (χ0v) is 17.3. The number of halogens is 3. The Balaban J connectivity index is 1.68. The van der Waals surface area contributed by atoms with Crippen LogP contribution in [0.15, 0.2) is 53.7 Å². The molecule has 1 aliphatic rings. The Morgan fingerprint density at radius 1 is 1.26 bits per heavy atom. The summed E-state index contributed by atoms with van der Waals surface area (Å²) < 4.78 is 44.2. The van der Waals surface area contributed by atoms with Crippen LogP contribution in [0.3, 0.4) is 0 Å². The van der Waals surface area contributed by atoms with Crippen molar-refractivity contribution in [2.75, 3.05) is 20.2 Å². The molecule has 0 bridgehead atoms. The van der Waals surface area contributed by atoms with E-state index in [1.54, 1.807) is 20.1 Å². The number of hydrogen-bond donors (Lipinski definition) is 1. The molecule has 31 heavy (non-hydrogen) atoms. The van der Waals surface area contributed by atoms with Crippen LogP contribution in [0.2, 0.25) is 0 Å². The fourth-order valence-corrected chi connectivity index (χ4v) is 3.27. The van der Waals surface area contributed by atoms with E-state index in [-0.39, 0.29) is 19.1 Å². The molecule has 0 aliphatic carbocycles. The largest absolute Gasteiger partial charge is 0.497 e. The van der Waals surface area contributed by atoms with Crippen molar-refractivity contribution in [1.82, 2.24) is 10.2 Å². The maximum atomic E-state index is 13.0. The second-order valence-electron chi connectivity index (χ2n) is 7.11. The normalized spacial score (nSPS) is 15.8. The average Bonchev–Trinajstić information content (AvgIpc) is 3.22. The Hall–Kier alpha value is -3.23. The van der Waals surface area contributed by atoms with Gasteiger partial charge in [-0.1, -0.05) is 17.3 Å². The lowest BCUT2D eigenvalue weighted by Gasteiger charge is -2.25. The first kappa shape index (κ1) is 22.5. The van der Waals surface area contributed by atoms with Crippen molar-refractivity contribution in [3.05, 3.63) is 65.2 Å². The maximum absolute atomic E-state index is 13.0. The van der Waals surface area contributed by atoms with Gasteiger partial charge in [-0.2, -0.15) is 13.2 Å². The highest BCUT2D eigenvalue weighted by Crippen LogP contribution is 2.30. The van der Waals surface area contributed by atoms with Gasteiger partial charge in [-0.15, -0.1) is 0 Å². The van der Waals surface area contributed by atoms with Crippen LogP contribution in [-0.4, -0.2) is 42.9 Å². The molecule has 6 nitrogen and oxygen atoms in total. The molecule has 166 valence electrons. The fourth-order valence-electron chi connectivity index (χ4n) is 3.27. The molecule has 0 radical (unpaired) electrons. The minimum atomic E-state index is -4.44. The van der Waals surface area contributed by atoms with Gasteiger partial charge in [0.2, 0.25) is 0 Å². The summed E-state index contributed by atoms with van der Waals surface area (Å²) in [5.74, 6) is 0.725. The average molecular weight is 435 g/mol. The van der Waals surface area contributed by atoms with Gasteiger partial charge in [-0.25, -0.2) is 4.79 Å². The van der Waals surface area contributed by atoms with Crippen LogP contribution >= 0.6 is 0 Å². The van der Waals surface area contributed by atoms with Gasteiger partial charge in [0.05, 0.1) is 24.9 Å². The molecule has 1 atom stereocenters. The Morgan fingerprint density at radius 3 is 2.65 bits per heavy atom. The SMILES string of the molecule is CCNC(=O)N(Cc1cccc(C(F)(F)F)c1)C[C@@H]1CC(c2ccc(OC)cc2)=NO1. The lowest BCUT2D eigenvalue weighted by molar-refractivity contribution is -0.137. The number of hydrogen-bond acceptors (Lipinski definition) is 4. The van der Waals surface area contributed by atoms with Crippen molar-refractivity contribution >= 4 is 11.7 Å². The summed E-state index contributed by atoms with van der Waals surface area (Å²) in [6.07, 6.45) is -4.36. The predicted molar refractivity (Wildman–Crippen MR) is 110 cm³/mol. The van der Waals surface area contributed by atoms with Gasteiger partial charge in [-0.3, -0.25) is 0 Å². The maximum Gasteiger partial charge on any atom is 0.416 e. The number of nitrogens with one attached hydrogen (secondary N) is 1. The van der Waals surface area contributed by atoms with Crippen LogP contribution in [0.1, 0.15) is 30.0 Å². The third kappa shape index (κ3) is 5.90. The summed E-state index contributed by atoms with van der Waals surface area (Å²) in [5, 5.41) is 6.82. The Kier molecular flexibility index (Phi) is 7.04. The van der Waals surface area contributed by atoms with Crippen LogP contribution in [0.25, 0.3) is 0 Å². The first-order valence-corrected chi connectivity index (χ1v) is 9.86. The van der Waals surface area contributed by atoms with Crippen molar-refractivity contribution in [3.63, 3.8) is 0 Å². The van der Waals surface area contributed by atoms with E-state index in [0.717, 1.165) is 29.2 Å². The van der Waals surface area contributed by atoms with E-state index in [9.17, 15) is 18.0 Å². The van der Waals surface area contributed by atoms with Crippen LogP contribution in [0.4, 0.5) is 18.0 Å². The topological polar surface area (TPSA) is 63.2 Å². The van der Waals surface area contributed by atoms with Gasteiger partial charge in [0.25, 0.3) is 0 Å². The van der Waals surface area contributed by atoms with Gasteiger partial charge < -0.3 is 19.8 Å². The van der Waals surface area contributed by atoms with Crippen LogP contribution in [0.5, 0.6) is 5.75 Å². The second-order valence-corrected chi connectivity index (χ2v) is 7.11. The molecule has 2 aromatic rings. The predicted octanol–water partition coefficient (Wildman–Crippen LogP) is 4.44. The Morgan fingerprint density at radius 2 is 2.00 bits per heavy atom. The van der Waals surface area contributed by atoms with Crippen molar-refractivity contribution in [1.29, 1.82) is 0 Å². The molecular formula is C22H24F3N3O3. The second kappa shape index (κ2) is 9.72. The molecule has 2 amide bonds. The minimum Gasteiger partial charge on any atom is -0.497 e. The van der Waals surface area contributed by atoms with Gasteiger partial charge >= 0.3 is 12.2 Å². The standard InChI is InChI=1S/C22H24F3N3O3/c1-3-26-21(29)28(13-15-5-4-6-17(11-15)22(23,24)25)14-19-12-20(27-31-19)16-7-9-18(30-2)10-8-16/h4-11,19H,3,12-14H2,1-2H3,(H,26,29)/t19-/m0/s1. The first-order chi connectivity index (χ1) is 14.8. The highest BCUT2D eigenvalue weighted by molar-refractivity contribution is 6.01. The molecular weight excluding hydrogens is 411 g/mol. The van der Waals surface area contributed by atoms with E-state index in [4.69, 9.17) is 9.57 Å². The zero-order chi connectivity index (χ0) is 22.4. The summed E-state index contributed by atoms with van der Waals surface area (Å²) in [6.45, 7) is 2.38. The summed E-state index contributed by atoms with van der Waals surface area (Å²) >= 11 is 0. The number of methoxy groups -OCH3 is 1. The molecule has 0 saturated carbocycles. The van der Waals surface area contributed by atoms with Crippen molar-refractivity contribution < 1.29 is 27.5 Å². The number of carbonyl (C=O) groups excluding carboxylic acids is 1. The molecule has 0 saturated heterocycles. The van der Waals surface area contributed by atoms with Crippen molar-refractivity contribution in [3.8, 4) is 5.75 Å². The van der Waals surface area contributed by atoms with Crippen LogP contribution in [0, 0.1) is 0 Å². The highest BCUT2D eigenvalue weighted by Gasteiger charge is 2.31. The minimum absolute atomic E-state index is 0.0213. The quantitative estimate of drug-likeness (QED) is 0.700. The molecule has 0 fully saturated rings. The molecule has 9 heteroatoms. The van der Waals surface area contributed by atoms with E-state index < -0.39 is 17.8 Å². The number of oxime groups is 1. The molecule has 2 aromatic carbocycles. The molecule has 1 N–H and O–H groups in total. The van der Waals surface area contributed by atoms with Crippen molar-refractivity contribution in [2.24, 2.45) is 5.16 Å². The van der Waals surface area contributed by atoms with Crippen LogP contribution < -0.4 is 10.1 Å². The summed E-state index contributed by atoms with van der Waals surface area (Å²) in [6, 6.07) is 12.0. The van der Waals surface area contributed by atoms with E-state index in [1.165, 1.54) is 11.0 Å². The monoisotopic (exact) mass is 435 g/mol. The number of amides is 2. The number of nitrogens with zero attached hydrogens (tertiary/aromatic N) is 2. The first-order valence-electron chi connectivity index (χ1n) is 9.86. The number of rotatable bonds is 7. The highest BCUT2D eigenvalue weighted by atomic mass is 19.4. The summed E-state index contributed by atoms with van der Waals surface area (Å²) in [5.41, 5.74) is 1.26. The van der Waals surface area contributed by atoms with Crippen molar-refractivity contribution in [2.45, 2.75) is 32.2 Å². The Labute approximate surface area is 178 Å². The smallest absolute Gasteiger partial charge is 0.416 e. The molecule has 1 aliphatic heterocycles. The van der Waals surface area contributed by atoms with Gasteiger partial charge in [0, 0.05) is 19.5 Å². The summed E-state index contributed by atoms with van der Waals surface area (Å²) in [7, 11) is 1.58. The lowest BCUT2D eigenvalue weighted by atomic mass is 10.0. The number of benzene rings is 2. The summed E-state index contributed by atoms with van der Waals surface area (Å²) in [4.78, 5) is 19.5. The van der Waals surface area contributed by atoms with E-state index >= 15 is 0 Å². The number of urea groups is 1. The fraction of sp³-hybridized carbons (Fsp3) is 0.364. The third-order valence-corrected chi connectivity index (χ3v) is 4.82. The van der Waals surface area contributed by atoms with E-state index in [1.807, 2.05) is 24.3 Å². The molecule has 0 aromatic heterocycles. The number of alkyl halides is 3. The third-order valence-electron chi connectivity index (χ3n) is 4.82. The van der Waals surface area contributed by atoms with Crippen LogP contribution in [-0.2, 0) is 17.6 Å². The number of carbonyl (C=O) groups is 1. The van der Waals surface area contributed by atoms with Gasteiger partial charge in [0.15, 0.2) is 6.10 Å². The molecule has 1 heterocycles. The van der Waals surface area contributed by atoms with Gasteiger partial charge in [0.1, 0.15) is 5.75 Å².